The molecular formula is C15H15N3S. The van der Waals surface area contributed by atoms with Crippen LogP contribution in [0.2, 0.25) is 0 Å². The van der Waals surface area contributed by atoms with Crippen LogP contribution in [0.15, 0.2) is 52.6 Å². The first kappa shape index (κ1) is 12.4. The Morgan fingerprint density at radius 1 is 1.11 bits per heavy atom. The molecule has 1 N–H and O–H groups in total. The number of aromatic nitrogens is 1. The third kappa shape index (κ3) is 2.55. The summed E-state index contributed by atoms with van der Waals surface area (Å²) in [5.74, 6) is 0. The normalized spacial score (nSPS) is 14.5. The van der Waals surface area contributed by atoms with Crippen LogP contribution in [0.1, 0.15) is 5.56 Å². The lowest BCUT2D eigenvalue weighted by atomic mass is 9.97. The monoisotopic (exact) mass is 269 g/mol. The Balaban J connectivity index is 2.14. The molecule has 0 spiro atoms. The van der Waals surface area contributed by atoms with E-state index in [4.69, 9.17) is 0 Å². The van der Waals surface area contributed by atoms with Crippen molar-refractivity contribution in [2.75, 3.05) is 19.5 Å². The van der Waals surface area contributed by atoms with Gasteiger partial charge in [-0.25, -0.2) is 0 Å². The minimum absolute atomic E-state index is 0.718. The molecule has 1 aliphatic heterocycles. The standard InChI is InChI=1S/C15H15N3S/c1-19-12-2-3-13(15-9-17-10-18-15)14(8-12)11-4-6-16-7-5-11/h2-8,17H,9-10H2,1H3. The van der Waals surface area contributed by atoms with Gasteiger partial charge in [-0.1, -0.05) is 6.07 Å². The van der Waals surface area contributed by atoms with E-state index in [0.29, 0.717) is 0 Å². The van der Waals surface area contributed by atoms with E-state index in [0.717, 1.165) is 18.9 Å². The Kier molecular flexibility index (Phi) is 3.62. The van der Waals surface area contributed by atoms with Crippen LogP contribution in [0, 0.1) is 0 Å². The highest BCUT2D eigenvalue weighted by molar-refractivity contribution is 7.98. The minimum atomic E-state index is 0.718. The second-order valence-electron chi connectivity index (χ2n) is 4.34. The maximum atomic E-state index is 4.53. The zero-order chi connectivity index (χ0) is 13.1. The van der Waals surface area contributed by atoms with Crippen molar-refractivity contribution in [2.45, 2.75) is 4.90 Å². The SMILES string of the molecule is CSc1ccc(C2=NCNC2)c(-c2ccncc2)c1. The highest BCUT2D eigenvalue weighted by Crippen LogP contribution is 2.29. The molecule has 19 heavy (non-hydrogen) atoms. The molecule has 0 fully saturated rings. The predicted molar refractivity (Wildman–Crippen MR) is 80.9 cm³/mol. The maximum Gasteiger partial charge on any atom is 0.0891 e. The first-order chi connectivity index (χ1) is 9.38. The lowest BCUT2D eigenvalue weighted by Crippen LogP contribution is -2.14. The van der Waals surface area contributed by atoms with Crippen LogP contribution >= 0.6 is 11.8 Å². The Morgan fingerprint density at radius 3 is 2.63 bits per heavy atom. The fourth-order valence-electron chi connectivity index (χ4n) is 2.23. The van der Waals surface area contributed by atoms with E-state index < -0.39 is 0 Å². The number of pyridine rings is 1. The van der Waals surface area contributed by atoms with E-state index in [9.17, 15) is 0 Å². The second kappa shape index (κ2) is 5.55. The molecule has 0 atom stereocenters. The molecule has 4 heteroatoms. The molecule has 2 aromatic rings. The number of thioether (sulfide) groups is 1. The number of hydrogen-bond donors (Lipinski definition) is 1. The Hall–Kier alpha value is -1.65. The smallest absolute Gasteiger partial charge is 0.0891 e. The van der Waals surface area contributed by atoms with E-state index in [1.54, 1.807) is 11.8 Å². The molecule has 0 amide bonds. The minimum Gasteiger partial charge on any atom is -0.293 e. The number of hydrogen-bond acceptors (Lipinski definition) is 4. The summed E-state index contributed by atoms with van der Waals surface area (Å²) >= 11 is 1.76. The molecule has 0 radical (unpaired) electrons. The van der Waals surface area contributed by atoms with E-state index in [2.05, 4.69) is 39.7 Å². The zero-order valence-electron chi connectivity index (χ0n) is 10.8. The largest absolute Gasteiger partial charge is 0.293 e. The highest BCUT2D eigenvalue weighted by atomic mass is 32.2. The molecule has 96 valence electrons. The number of benzene rings is 1. The average Bonchev–Trinajstić information content (AvgIpc) is 3.01. The molecule has 2 heterocycles. The molecule has 3 nitrogen and oxygen atoms in total. The van der Waals surface area contributed by atoms with Crippen LogP contribution in [0.25, 0.3) is 11.1 Å². The van der Waals surface area contributed by atoms with Crippen molar-refractivity contribution in [1.82, 2.24) is 10.3 Å². The summed E-state index contributed by atoms with van der Waals surface area (Å²) < 4.78 is 0. The summed E-state index contributed by atoms with van der Waals surface area (Å²) in [6.45, 7) is 1.56. The first-order valence-electron chi connectivity index (χ1n) is 6.21. The zero-order valence-corrected chi connectivity index (χ0v) is 11.6. The number of aliphatic imine (C=N–C) groups is 1. The molecule has 1 aromatic carbocycles. The average molecular weight is 269 g/mol. The molecule has 0 saturated carbocycles. The molecule has 0 bridgehead atoms. The van der Waals surface area contributed by atoms with Crippen molar-refractivity contribution in [2.24, 2.45) is 4.99 Å². The lowest BCUT2D eigenvalue weighted by Gasteiger charge is -2.11. The lowest BCUT2D eigenvalue weighted by molar-refractivity contribution is 0.850. The molecule has 0 aliphatic carbocycles. The van der Waals surface area contributed by atoms with E-state index in [1.165, 1.54) is 21.6 Å². The number of nitrogens with zero attached hydrogens (tertiary/aromatic N) is 2. The van der Waals surface area contributed by atoms with Gasteiger partial charge in [0.15, 0.2) is 0 Å². The van der Waals surface area contributed by atoms with Crippen molar-refractivity contribution in [3.8, 4) is 11.1 Å². The summed E-state index contributed by atoms with van der Waals surface area (Å²) in [6.07, 6.45) is 5.76. The van der Waals surface area contributed by atoms with Crippen molar-refractivity contribution >= 4 is 17.5 Å². The van der Waals surface area contributed by atoms with Crippen LogP contribution in [0.5, 0.6) is 0 Å². The van der Waals surface area contributed by atoms with Crippen LogP contribution in [0.3, 0.4) is 0 Å². The van der Waals surface area contributed by atoms with Crippen LogP contribution in [-0.4, -0.2) is 30.2 Å². The number of nitrogens with one attached hydrogen (secondary N) is 1. The molecule has 1 aromatic heterocycles. The molecule has 1 aliphatic rings. The van der Waals surface area contributed by atoms with Gasteiger partial charge in [-0.3, -0.25) is 15.3 Å². The Morgan fingerprint density at radius 2 is 1.95 bits per heavy atom. The van der Waals surface area contributed by atoms with E-state index >= 15 is 0 Å². The van der Waals surface area contributed by atoms with Gasteiger partial charge < -0.3 is 0 Å². The quantitative estimate of drug-likeness (QED) is 0.871. The van der Waals surface area contributed by atoms with Gasteiger partial charge >= 0.3 is 0 Å². The van der Waals surface area contributed by atoms with E-state index in [-0.39, 0.29) is 0 Å². The maximum absolute atomic E-state index is 4.53. The van der Waals surface area contributed by atoms with Gasteiger partial charge in [0, 0.05) is 29.4 Å². The van der Waals surface area contributed by atoms with Gasteiger partial charge in [0.05, 0.1) is 12.4 Å². The van der Waals surface area contributed by atoms with Crippen molar-refractivity contribution in [3.05, 3.63) is 48.3 Å². The summed E-state index contributed by atoms with van der Waals surface area (Å²) in [4.78, 5) is 9.89. The fourth-order valence-corrected chi connectivity index (χ4v) is 2.67. The first-order valence-corrected chi connectivity index (χ1v) is 7.44. The van der Waals surface area contributed by atoms with Crippen molar-refractivity contribution in [1.29, 1.82) is 0 Å². The topological polar surface area (TPSA) is 37.3 Å². The molecule has 3 rings (SSSR count). The van der Waals surface area contributed by atoms with Crippen LogP contribution in [0.4, 0.5) is 0 Å². The van der Waals surface area contributed by atoms with Gasteiger partial charge in [0.25, 0.3) is 0 Å². The highest BCUT2D eigenvalue weighted by Gasteiger charge is 2.14. The summed E-state index contributed by atoms with van der Waals surface area (Å²) in [7, 11) is 0. The molecule has 0 saturated heterocycles. The van der Waals surface area contributed by atoms with Gasteiger partial charge in [-0.2, -0.15) is 0 Å². The van der Waals surface area contributed by atoms with Gasteiger partial charge in [0.2, 0.25) is 0 Å². The predicted octanol–water partition coefficient (Wildman–Crippen LogP) is 2.82. The molecular weight excluding hydrogens is 254 g/mol. The van der Waals surface area contributed by atoms with Crippen LogP contribution in [-0.2, 0) is 0 Å². The van der Waals surface area contributed by atoms with Gasteiger partial charge in [0.1, 0.15) is 0 Å². The van der Waals surface area contributed by atoms with Crippen molar-refractivity contribution in [3.63, 3.8) is 0 Å². The third-order valence-corrected chi connectivity index (χ3v) is 3.93. The Bertz CT molecular complexity index is 608. The molecule has 0 unspecified atom stereocenters. The number of rotatable bonds is 3. The Labute approximate surface area is 117 Å². The third-order valence-electron chi connectivity index (χ3n) is 3.20. The summed E-state index contributed by atoms with van der Waals surface area (Å²) in [5, 5.41) is 3.26. The van der Waals surface area contributed by atoms with Crippen molar-refractivity contribution < 1.29 is 0 Å². The van der Waals surface area contributed by atoms with Crippen LogP contribution < -0.4 is 5.32 Å². The van der Waals surface area contributed by atoms with Gasteiger partial charge in [-0.05, 0) is 41.6 Å². The van der Waals surface area contributed by atoms with Gasteiger partial charge in [-0.15, -0.1) is 11.8 Å². The summed E-state index contributed by atoms with van der Waals surface area (Å²) in [6, 6.07) is 10.7. The second-order valence-corrected chi connectivity index (χ2v) is 5.22. The summed E-state index contributed by atoms with van der Waals surface area (Å²) in [5.41, 5.74) is 4.78. The fraction of sp³-hybridized carbons (Fsp3) is 0.200. The van der Waals surface area contributed by atoms with E-state index in [1.807, 2.05) is 24.5 Å².